The summed E-state index contributed by atoms with van der Waals surface area (Å²) in [5, 5.41) is 1.08. The summed E-state index contributed by atoms with van der Waals surface area (Å²) < 4.78 is 0. The first-order valence-electron chi connectivity index (χ1n) is 7.09. The van der Waals surface area contributed by atoms with E-state index in [1.54, 1.807) is 0 Å². The van der Waals surface area contributed by atoms with E-state index in [0.717, 1.165) is 28.1 Å². The minimum atomic E-state index is 0.318. The minimum Gasteiger partial charge on any atom is -0.308 e. The van der Waals surface area contributed by atoms with Gasteiger partial charge in [0, 0.05) is 17.2 Å². The molecule has 2 rings (SSSR count). The van der Waals surface area contributed by atoms with Gasteiger partial charge in [-0.15, -0.1) is 11.8 Å². The Morgan fingerprint density at radius 1 is 1.32 bits per heavy atom. The first-order valence-corrected chi connectivity index (χ1v) is 8.08. The summed E-state index contributed by atoms with van der Waals surface area (Å²) >= 11 is 1.86. The van der Waals surface area contributed by atoms with E-state index in [-0.39, 0.29) is 0 Å². The van der Waals surface area contributed by atoms with Crippen molar-refractivity contribution in [1.29, 1.82) is 0 Å². The third kappa shape index (κ3) is 3.60. The van der Waals surface area contributed by atoms with Crippen LogP contribution in [-0.4, -0.2) is 15.7 Å². The van der Waals surface area contributed by atoms with Gasteiger partial charge in [0.2, 0.25) is 0 Å². The number of rotatable bonds is 5. The van der Waals surface area contributed by atoms with Crippen molar-refractivity contribution in [2.45, 2.75) is 57.4 Å². The van der Waals surface area contributed by atoms with Gasteiger partial charge in [-0.05, 0) is 25.7 Å². The Morgan fingerprint density at radius 3 is 2.58 bits per heavy atom. The number of nitrogens with one attached hydrogen (secondary N) is 1. The van der Waals surface area contributed by atoms with Crippen LogP contribution in [0.2, 0.25) is 0 Å². The van der Waals surface area contributed by atoms with Gasteiger partial charge in [-0.25, -0.2) is 15.8 Å². The number of anilines is 1. The van der Waals surface area contributed by atoms with Crippen LogP contribution in [0.3, 0.4) is 0 Å². The molecular weight excluding hydrogens is 256 g/mol. The lowest BCUT2D eigenvalue weighted by atomic mass is 10.1. The summed E-state index contributed by atoms with van der Waals surface area (Å²) in [5.41, 5.74) is 3.76. The van der Waals surface area contributed by atoms with Crippen LogP contribution in [-0.2, 0) is 0 Å². The van der Waals surface area contributed by atoms with Crippen molar-refractivity contribution < 1.29 is 0 Å². The first-order chi connectivity index (χ1) is 9.11. The number of thioether (sulfide) groups is 1. The lowest BCUT2D eigenvalue weighted by molar-refractivity contribution is 0.622. The average Bonchev–Trinajstić information content (AvgIpc) is 2.90. The Hall–Kier alpha value is -0.810. The summed E-state index contributed by atoms with van der Waals surface area (Å²) in [7, 11) is 0. The fourth-order valence-electron chi connectivity index (χ4n) is 2.43. The number of hydrogen-bond acceptors (Lipinski definition) is 5. The van der Waals surface area contributed by atoms with Crippen LogP contribution in [0.25, 0.3) is 0 Å². The summed E-state index contributed by atoms with van der Waals surface area (Å²) in [6.45, 7) is 6.25. The molecule has 3 N–H and O–H groups in total. The van der Waals surface area contributed by atoms with Gasteiger partial charge in [0.1, 0.15) is 16.7 Å². The molecule has 0 aliphatic heterocycles. The van der Waals surface area contributed by atoms with Crippen LogP contribution in [0, 0.1) is 12.8 Å². The molecule has 1 aliphatic rings. The van der Waals surface area contributed by atoms with E-state index in [4.69, 9.17) is 10.8 Å². The highest BCUT2D eigenvalue weighted by Gasteiger charge is 2.18. The molecule has 0 atom stereocenters. The number of nitrogens with zero attached hydrogens (tertiary/aromatic N) is 2. The van der Waals surface area contributed by atoms with Gasteiger partial charge in [0.25, 0.3) is 0 Å². The standard InChI is InChI=1S/C14H24N4S/c1-9(2)12-16-13(18-15)10(3)14(17-12)19-8-11-6-4-5-7-11/h9,11H,4-8,15H2,1-3H3,(H,16,17,18). The van der Waals surface area contributed by atoms with Gasteiger partial charge in [-0.1, -0.05) is 26.7 Å². The van der Waals surface area contributed by atoms with E-state index in [0.29, 0.717) is 5.92 Å². The maximum atomic E-state index is 5.56. The molecule has 0 saturated heterocycles. The number of aromatic nitrogens is 2. The van der Waals surface area contributed by atoms with E-state index in [9.17, 15) is 0 Å². The number of nitrogen functional groups attached to an aromatic ring is 1. The van der Waals surface area contributed by atoms with Crippen LogP contribution in [0.15, 0.2) is 5.03 Å². The fourth-order valence-corrected chi connectivity index (χ4v) is 3.62. The van der Waals surface area contributed by atoms with Crippen LogP contribution < -0.4 is 11.3 Å². The highest BCUT2D eigenvalue weighted by Crippen LogP contribution is 2.33. The van der Waals surface area contributed by atoms with Crippen LogP contribution in [0.5, 0.6) is 0 Å². The average molecular weight is 280 g/mol. The van der Waals surface area contributed by atoms with Crippen molar-refractivity contribution in [3.63, 3.8) is 0 Å². The van der Waals surface area contributed by atoms with Crippen LogP contribution >= 0.6 is 11.8 Å². The summed E-state index contributed by atoms with van der Waals surface area (Å²) in [6.07, 6.45) is 5.52. The summed E-state index contributed by atoms with van der Waals surface area (Å²) in [5.74, 6) is 9.52. The van der Waals surface area contributed by atoms with Crippen molar-refractivity contribution in [3.8, 4) is 0 Å². The normalized spacial score (nSPS) is 16.3. The van der Waals surface area contributed by atoms with Gasteiger partial charge >= 0.3 is 0 Å². The Morgan fingerprint density at radius 2 is 2.00 bits per heavy atom. The minimum absolute atomic E-state index is 0.318. The Kier molecular flexibility index (Phi) is 5.05. The van der Waals surface area contributed by atoms with Crippen LogP contribution in [0.1, 0.15) is 56.8 Å². The molecule has 5 heteroatoms. The Balaban J connectivity index is 2.14. The molecule has 1 aliphatic carbocycles. The molecule has 0 bridgehead atoms. The van der Waals surface area contributed by atoms with Crippen LogP contribution in [0.4, 0.5) is 5.82 Å². The molecule has 0 spiro atoms. The molecule has 1 saturated carbocycles. The van der Waals surface area contributed by atoms with Crippen molar-refractivity contribution in [2.24, 2.45) is 11.8 Å². The monoisotopic (exact) mass is 280 g/mol. The third-order valence-electron chi connectivity index (χ3n) is 3.70. The molecule has 19 heavy (non-hydrogen) atoms. The van der Waals surface area contributed by atoms with E-state index in [2.05, 4.69) is 24.3 Å². The molecule has 1 aromatic rings. The zero-order valence-corrected chi connectivity index (χ0v) is 12.9. The van der Waals surface area contributed by atoms with E-state index < -0.39 is 0 Å². The van der Waals surface area contributed by atoms with Gasteiger partial charge in [0.05, 0.1) is 0 Å². The summed E-state index contributed by atoms with van der Waals surface area (Å²) in [4.78, 5) is 9.17. The smallest absolute Gasteiger partial charge is 0.147 e. The highest BCUT2D eigenvalue weighted by atomic mass is 32.2. The molecule has 4 nitrogen and oxygen atoms in total. The Labute approximate surface area is 119 Å². The largest absolute Gasteiger partial charge is 0.308 e. The fraction of sp³-hybridized carbons (Fsp3) is 0.714. The van der Waals surface area contributed by atoms with E-state index in [1.807, 2.05) is 18.7 Å². The molecule has 1 fully saturated rings. The highest BCUT2D eigenvalue weighted by molar-refractivity contribution is 7.99. The molecule has 0 unspecified atom stereocenters. The second kappa shape index (κ2) is 6.57. The number of nitrogens with two attached hydrogens (primary N) is 1. The zero-order chi connectivity index (χ0) is 13.8. The first kappa shape index (κ1) is 14.6. The van der Waals surface area contributed by atoms with Gasteiger partial charge in [-0.3, -0.25) is 0 Å². The molecule has 0 radical (unpaired) electrons. The number of hydrogen-bond donors (Lipinski definition) is 2. The van der Waals surface area contributed by atoms with E-state index >= 15 is 0 Å². The zero-order valence-electron chi connectivity index (χ0n) is 12.1. The van der Waals surface area contributed by atoms with Gasteiger partial charge < -0.3 is 5.43 Å². The third-order valence-corrected chi connectivity index (χ3v) is 5.01. The van der Waals surface area contributed by atoms with Crippen molar-refractivity contribution in [2.75, 3.05) is 11.2 Å². The molecular formula is C14H24N4S. The lowest BCUT2D eigenvalue weighted by Crippen LogP contribution is -2.14. The summed E-state index contributed by atoms with van der Waals surface area (Å²) in [6, 6.07) is 0. The maximum Gasteiger partial charge on any atom is 0.147 e. The number of hydrazine groups is 1. The molecule has 106 valence electrons. The molecule has 1 heterocycles. The van der Waals surface area contributed by atoms with Crippen molar-refractivity contribution >= 4 is 17.6 Å². The SMILES string of the molecule is Cc1c(NN)nc(C(C)C)nc1SCC1CCCC1. The van der Waals surface area contributed by atoms with Gasteiger partial charge in [-0.2, -0.15) is 0 Å². The predicted octanol–water partition coefficient (Wildman–Crippen LogP) is 3.48. The lowest BCUT2D eigenvalue weighted by Gasteiger charge is -2.14. The second-order valence-electron chi connectivity index (χ2n) is 5.62. The second-order valence-corrected chi connectivity index (χ2v) is 6.63. The molecule has 0 aromatic carbocycles. The van der Waals surface area contributed by atoms with Crippen molar-refractivity contribution in [1.82, 2.24) is 9.97 Å². The van der Waals surface area contributed by atoms with E-state index in [1.165, 1.54) is 31.4 Å². The predicted molar refractivity (Wildman–Crippen MR) is 81.4 cm³/mol. The van der Waals surface area contributed by atoms with Crippen molar-refractivity contribution in [3.05, 3.63) is 11.4 Å². The quantitative estimate of drug-likeness (QED) is 0.374. The topological polar surface area (TPSA) is 63.8 Å². The van der Waals surface area contributed by atoms with Gasteiger partial charge in [0.15, 0.2) is 0 Å². The molecule has 1 aromatic heterocycles. The maximum absolute atomic E-state index is 5.56. The molecule has 0 amide bonds. The Bertz CT molecular complexity index is 428.